The Balaban J connectivity index is 1.35. The SMILES string of the molecule is COCC(O)(CC[C@@H](C)[C@H]1CC[C@@]2(C)C3CCC4C(C)(C)[C@@H](O)CCC45CC35CC[C@]12C)C(C)C. The monoisotopic (exact) mass is 488 g/mol. The Morgan fingerprint density at radius 1 is 0.857 bits per heavy atom. The first-order valence-electron chi connectivity index (χ1n) is 15.1. The molecule has 10 atom stereocenters. The van der Waals surface area contributed by atoms with Gasteiger partial charge in [0.1, 0.15) is 0 Å². The summed E-state index contributed by atoms with van der Waals surface area (Å²) in [6, 6.07) is 0. The lowest BCUT2D eigenvalue weighted by molar-refractivity contribution is -0.162. The second-order valence-electron chi connectivity index (χ2n) is 15.7. The van der Waals surface area contributed by atoms with Crippen molar-refractivity contribution < 1.29 is 14.9 Å². The van der Waals surface area contributed by atoms with E-state index in [1.54, 1.807) is 7.11 Å². The summed E-state index contributed by atoms with van der Waals surface area (Å²) in [4.78, 5) is 0. The highest BCUT2D eigenvalue weighted by Crippen LogP contribution is 2.89. The maximum atomic E-state index is 11.2. The second-order valence-corrected chi connectivity index (χ2v) is 15.7. The molecule has 0 radical (unpaired) electrons. The van der Waals surface area contributed by atoms with E-state index in [0.717, 1.165) is 31.1 Å². The van der Waals surface area contributed by atoms with Gasteiger partial charge in [0, 0.05) is 7.11 Å². The van der Waals surface area contributed by atoms with Gasteiger partial charge >= 0.3 is 0 Å². The average Bonchev–Trinajstić information content (AvgIpc) is 3.37. The van der Waals surface area contributed by atoms with Gasteiger partial charge in [0.2, 0.25) is 0 Å². The Morgan fingerprint density at radius 3 is 2.17 bits per heavy atom. The number of fused-ring (bicyclic) bond motifs is 2. The molecule has 0 aromatic rings. The number of hydrogen-bond acceptors (Lipinski definition) is 3. The summed E-state index contributed by atoms with van der Waals surface area (Å²) in [5, 5.41) is 22.1. The van der Waals surface area contributed by atoms with Crippen molar-refractivity contribution in [2.45, 2.75) is 131 Å². The van der Waals surface area contributed by atoms with Crippen LogP contribution in [0.3, 0.4) is 0 Å². The van der Waals surface area contributed by atoms with Gasteiger partial charge in [0.25, 0.3) is 0 Å². The standard InChI is InChI=1S/C32H56O3/c1-21(2)32(34,20-35-8)16-11-22(3)23-12-14-29(7)25-10-9-24-27(4,5)26(33)13-15-30(24)19-31(25,30)18-17-28(23,29)6/h21-26,33-34H,9-20H2,1-8H3/t22-,23-,24?,25?,26+,28-,29+,30?,31?,32?/m1/s1. The van der Waals surface area contributed by atoms with E-state index in [9.17, 15) is 10.2 Å². The number of rotatable bonds is 7. The lowest BCUT2D eigenvalue weighted by Crippen LogP contribution is -2.57. The Hall–Kier alpha value is -0.120. The van der Waals surface area contributed by atoms with Crippen molar-refractivity contribution >= 4 is 0 Å². The summed E-state index contributed by atoms with van der Waals surface area (Å²) in [7, 11) is 1.71. The highest BCUT2D eigenvalue weighted by Gasteiger charge is 2.82. The molecule has 0 bridgehead atoms. The van der Waals surface area contributed by atoms with E-state index < -0.39 is 5.60 Å². The molecule has 0 amide bonds. The Kier molecular flexibility index (Phi) is 6.20. The molecular weight excluding hydrogens is 432 g/mol. The number of hydrogen-bond donors (Lipinski definition) is 2. The Bertz CT molecular complexity index is 822. The first kappa shape index (κ1) is 26.5. The molecule has 5 aliphatic carbocycles. The van der Waals surface area contributed by atoms with Crippen molar-refractivity contribution in [3.8, 4) is 0 Å². The van der Waals surface area contributed by atoms with Gasteiger partial charge in [-0.25, -0.2) is 0 Å². The Morgan fingerprint density at radius 2 is 1.51 bits per heavy atom. The number of aliphatic hydroxyl groups excluding tert-OH is 1. The van der Waals surface area contributed by atoms with Crippen LogP contribution in [0.4, 0.5) is 0 Å². The molecule has 5 unspecified atom stereocenters. The maximum Gasteiger partial charge on any atom is 0.0902 e. The van der Waals surface area contributed by atoms with Crippen LogP contribution in [0, 0.1) is 56.7 Å². The fourth-order valence-electron chi connectivity index (χ4n) is 11.8. The van der Waals surface area contributed by atoms with E-state index in [-0.39, 0.29) is 17.4 Å². The third kappa shape index (κ3) is 3.32. The normalized spacial score (nSPS) is 50.5. The van der Waals surface area contributed by atoms with E-state index in [1.165, 1.54) is 51.4 Å². The molecule has 0 heterocycles. The van der Waals surface area contributed by atoms with E-state index in [4.69, 9.17) is 4.74 Å². The first-order valence-corrected chi connectivity index (χ1v) is 15.1. The average molecular weight is 489 g/mol. The molecule has 5 fully saturated rings. The molecule has 5 aliphatic rings. The van der Waals surface area contributed by atoms with Crippen LogP contribution in [0.1, 0.15) is 119 Å². The quantitative estimate of drug-likeness (QED) is 0.397. The van der Waals surface area contributed by atoms with Gasteiger partial charge in [-0.05, 0) is 127 Å². The molecule has 0 aromatic carbocycles. The van der Waals surface area contributed by atoms with Gasteiger partial charge < -0.3 is 14.9 Å². The van der Waals surface area contributed by atoms with Crippen LogP contribution in [-0.2, 0) is 4.74 Å². The summed E-state index contributed by atoms with van der Waals surface area (Å²) in [5.41, 5.74) is 1.33. The van der Waals surface area contributed by atoms with Crippen LogP contribution in [0.2, 0.25) is 0 Å². The van der Waals surface area contributed by atoms with Crippen LogP contribution in [-0.4, -0.2) is 35.6 Å². The zero-order valence-electron chi connectivity index (χ0n) is 24.3. The van der Waals surface area contributed by atoms with Gasteiger partial charge in [0.15, 0.2) is 0 Å². The van der Waals surface area contributed by atoms with Gasteiger partial charge in [-0.2, -0.15) is 0 Å². The third-order valence-corrected chi connectivity index (χ3v) is 14.3. The van der Waals surface area contributed by atoms with Gasteiger partial charge in [-0.1, -0.05) is 48.5 Å². The summed E-state index contributed by atoms with van der Waals surface area (Å²) in [6.07, 6.45) is 13.9. The van der Waals surface area contributed by atoms with Crippen LogP contribution in [0.5, 0.6) is 0 Å². The molecule has 0 aliphatic heterocycles. The maximum absolute atomic E-state index is 11.2. The van der Waals surface area contributed by atoms with Crippen molar-refractivity contribution in [1.82, 2.24) is 0 Å². The van der Waals surface area contributed by atoms with E-state index in [2.05, 4.69) is 48.5 Å². The highest BCUT2D eigenvalue weighted by molar-refractivity contribution is 5.30. The van der Waals surface area contributed by atoms with Crippen LogP contribution >= 0.6 is 0 Å². The first-order chi connectivity index (χ1) is 16.2. The van der Waals surface area contributed by atoms with Crippen LogP contribution in [0.25, 0.3) is 0 Å². The molecule has 35 heavy (non-hydrogen) atoms. The van der Waals surface area contributed by atoms with Crippen LogP contribution in [0.15, 0.2) is 0 Å². The molecule has 3 heteroatoms. The molecule has 2 N–H and O–H groups in total. The van der Waals surface area contributed by atoms with Gasteiger partial charge in [-0.3, -0.25) is 0 Å². The summed E-state index contributed by atoms with van der Waals surface area (Å²) >= 11 is 0. The zero-order chi connectivity index (χ0) is 25.7. The number of aliphatic hydroxyl groups is 2. The fourth-order valence-corrected chi connectivity index (χ4v) is 11.8. The predicted molar refractivity (Wildman–Crippen MR) is 143 cm³/mol. The molecule has 3 nitrogen and oxygen atoms in total. The summed E-state index contributed by atoms with van der Waals surface area (Å²) in [6.45, 7) is 17.3. The van der Waals surface area contributed by atoms with E-state index in [0.29, 0.717) is 40.1 Å². The van der Waals surface area contributed by atoms with Crippen LogP contribution < -0.4 is 0 Å². The van der Waals surface area contributed by atoms with E-state index >= 15 is 0 Å². The van der Waals surface area contributed by atoms with Crippen molar-refractivity contribution in [3.63, 3.8) is 0 Å². The molecular formula is C32H56O3. The van der Waals surface area contributed by atoms with Crippen molar-refractivity contribution in [3.05, 3.63) is 0 Å². The molecule has 2 spiro atoms. The van der Waals surface area contributed by atoms with Crippen molar-refractivity contribution in [2.24, 2.45) is 56.7 Å². The summed E-state index contributed by atoms with van der Waals surface area (Å²) in [5.74, 6) is 3.21. The van der Waals surface area contributed by atoms with Crippen molar-refractivity contribution in [1.29, 1.82) is 0 Å². The largest absolute Gasteiger partial charge is 0.393 e. The van der Waals surface area contributed by atoms with E-state index in [1.807, 2.05) is 0 Å². The second kappa shape index (κ2) is 8.19. The number of ether oxygens (including phenoxy) is 1. The minimum Gasteiger partial charge on any atom is -0.393 e. The fraction of sp³-hybridized carbons (Fsp3) is 1.00. The van der Waals surface area contributed by atoms with Gasteiger partial charge in [-0.15, -0.1) is 0 Å². The smallest absolute Gasteiger partial charge is 0.0902 e. The topological polar surface area (TPSA) is 49.7 Å². The Labute approximate surface area is 216 Å². The van der Waals surface area contributed by atoms with Gasteiger partial charge in [0.05, 0.1) is 18.3 Å². The minimum atomic E-state index is -0.709. The lowest BCUT2D eigenvalue weighted by Gasteiger charge is -2.63. The molecule has 5 rings (SSSR count). The molecule has 202 valence electrons. The third-order valence-electron chi connectivity index (χ3n) is 14.3. The molecule has 0 aromatic heterocycles. The zero-order valence-corrected chi connectivity index (χ0v) is 24.3. The highest BCUT2D eigenvalue weighted by atomic mass is 16.5. The number of methoxy groups -OCH3 is 1. The lowest BCUT2D eigenvalue weighted by atomic mass is 9.41. The minimum absolute atomic E-state index is 0.0799. The molecule has 5 saturated carbocycles. The summed E-state index contributed by atoms with van der Waals surface area (Å²) < 4.78 is 5.42. The molecule has 0 saturated heterocycles. The van der Waals surface area contributed by atoms with Crippen molar-refractivity contribution in [2.75, 3.05) is 13.7 Å². The predicted octanol–water partition coefficient (Wildman–Crippen LogP) is 7.24.